The fourth-order valence-corrected chi connectivity index (χ4v) is 2.95. The molecule has 22 heavy (non-hydrogen) atoms. The van der Waals surface area contributed by atoms with Gasteiger partial charge in [0.15, 0.2) is 11.6 Å². The molecule has 1 aliphatic heterocycles. The highest BCUT2D eigenvalue weighted by Crippen LogP contribution is 2.19. The van der Waals surface area contributed by atoms with Crippen molar-refractivity contribution >= 4 is 23.1 Å². The molecule has 0 bridgehead atoms. The molecule has 1 aliphatic rings. The molecule has 0 unspecified atom stereocenters. The van der Waals surface area contributed by atoms with Crippen LogP contribution in [0, 0.1) is 5.82 Å². The first-order chi connectivity index (χ1) is 10.8. The van der Waals surface area contributed by atoms with Gasteiger partial charge in [0.2, 0.25) is 5.95 Å². The van der Waals surface area contributed by atoms with Crippen LogP contribution in [0.2, 0.25) is 0 Å². The Morgan fingerprint density at radius 1 is 1.36 bits per heavy atom. The van der Waals surface area contributed by atoms with E-state index in [0.29, 0.717) is 44.6 Å². The molecule has 0 aliphatic carbocycles. The lowest BCUT2D eigenvalue weighted by Gasteiger charge is -2.28. The van der Waals surface area contributed by atoms with E-state index >= 15 is 0 Å². The maximum atomic E-state index is 13.9. The van der Waals surface area contributed by atoms with Crippen molar-refractivity contribution in [3.8, 4) is 0 Å². The smallest absolute Gasteiger partial charge is 0.225 e. The van der Waals surface area contributed by atoms with Crippen LogP contribution in [-0.2, 0) is 17.7 Å². The van der Waals surface area contributed by atoms with Crippen molar-refractivity contribution < 1.29 is 9.13 Å². The molecule has 0 atom stereocenters. The van der Waals surface area contributed by atoms with E-state index in [1.165, 1.54) is 6.20 Å². The summed E-state index contributed by atoms with van der Waals surface area (Å²) in [6, 6.07) is 0. The number of morpholine rings is 1. The second-order valence-corrected chi connectivity index (χ2v) is 5.85. The first-order valence-electron chi connectivity index (χ1n) is 7.28. The molecule has 2 aromatic rings. The number of rotatable bonds is 5. The highest BCUT2D eigenvalue weighted by atomic mass is 32.1. The Morgan fingerprint density at radius 2 is 2.18 bits per heavy atom. The van der Waals surface area contributed by atoms with Gasteiger partial charge in [0, 0.05) is 18.5 Å². The standard InChI is InChI=1S/C14H18FN5OS/c1-2-12-18-10(9-22-12)7-16-14-17-8-11(15)13(19-14)20-3-5-21-6-4-20/h8-9H,2-7H2,1H3,(H,16,17,19). The number of nitrogens with zero attached hydrogens (tertiary/aromatic N) is 4. The predicted octanol–water partition coefficient (Wildman–Crippen LogP) is 2.08. The van der Waals surface area contributed by atoms with Crippen molar-refractivity contribution in [3.63, 3.8) is 0 Å². The summed E-state index contributed by atoms with van der Waals surface area (Å²) in [6.45, 7) is 5.06. The van der Waals surface area contributed by atoms with Gasteiger partial charge in [-0.2, -0.15) is 4.98 Å². The van der Waals surface area contributed by atoms with E-state index in [2.05, 4.69) is 27.2 Å². The third-order valence-corrected chi connectivity index (χ3v) is 4.41. The summed E-state index contributed by atoms with van der Waals surface area (Å²) in [6.07, 6.45) is 2.14. The number of thiazole rings is 1. The minimum absolute atomic E-state index is 0.327. The van der Waals surface area contributed by atoms with E-state index in [0.717, 1.165) is 17.1 Å². The van der Waals surface area contributed by atoms with E-state index in [1.807, 2.05) is 10.3 Å². The molecule has 2 aromatic heterocycles. The Kier molecular flexibility index (Phi) is 4.79. The van der Waals surface area contributed by atoms with Gasteiger partial charge in [-0.05, 0) is 6.42 Å². The lowest BCUT2D eigenvalue weighted by molar-refractivity contribution is 0.122. The van der Waals surface area contributed by atoms with Gasteiger partial charge in [0.1, 0.15) is 0 Å². The van der Waals surface area contributed by atoms with Crippen molar-refractivity contribution in [1.82, 2.24) is 15.0 Å². The normalized spacial score (nSPS) is 15.1. The van der Waals surface area contributed by atoms with Gasteiger partial charge in [-0.15, -0.1) is 11.3 Å². The molecule has 1 saturated heterocycles. The number of anilines is 2. The molecule has 1 fully saturated rings. The minimum atomic E-state index is -0.408. The maximum absolute atomic E-state index is 13.9. The second kappa shape index (κ2) is 6.97. The highest BCUT2D eigenvalue weighted by molar-refractivity contribution is 7.09. The number of hydrogen-bond donors (Lipinski definition) is 1. The van der Waals surface area contributed by atoms with Crippen LogP contribution in [0.1, 0.15) is 17.6 Å². The molecular formula is C14H18FN5OS. The van der Waals surface area contributed by atoms with E-state index in [-0.39, 0.29) is 0 Å². The molecule has 0 spiro atoms. The van der Waals surface area contributed by atoms with E-state index < -0.39 is 5.82 Å². The molecule has 1 N–H and O–H groups in total. The van der Waals surface area contributed by atoms with Crippen molar-refractivity contribution in [3.05, 3.63) is 28.1 Å². The number of nitrogens with one attached hydrogen (secondary N) is 1. The lowest BCUT2D eigenvalue weighted by atomic mass is 10.4. The monoisotopic (exact) mass is 323 g/mol. The van der Waals surface area contributed by atoms with Crippen LogP contribution in [0.5, 0.6) is 0 Å². The molecule has 0 amide bonds. The topological polar surface area (TPSA) is 63.2 Å². The zero-order chi connectivity index (χ0) is 15.4. The average molecular weight is 323 g/mol. The summed E-state index contributed by atoms with van der Waals surface area (Å²) in [7, 11) is 0. The molecular weight excluding hydrogens is 305 g/mol. The maximum Gasteiger partial charge on any atom is 0.225 e. The number of aromatic nitrogens is 3. The SMILES string of the molecule is CCc1nc(CNc2ncc(F)c(N3CCOCC3)n2)cs1. The largest absolute Gasteiger partial charge is 0.378 e. The van der Waals surface area contributed by atoms with Crippen LogP contribution >= 0.6 is 11.3 Å². The van der Waals surface area contributed by atoms with Crippen LogP contribution < -0.4 is 10.2 Å². The molecule has 3 heterocycles. The van der Waals surface area contributed by atoms with Gasteiger partial charge in [0.25, 0.3) is 0 Å². The van der Waals surface area contributed by atoms with Gasteiger partial charge in [-0.3, -0.25) is 0 Å². The first kappa shape index (κ1) is 15.1. The van der Waals surface area contributed by atoms with Crippen LogP contribution in [0.25, 0.3) is 0 Å². The van der Waals surface area contributed by atoms with Gasteiger partial charge < -0.3 is 15.0 Å². The first-order valence-corrected chi connectivity index (χ1v) is 8.16. The van der Waals surface area contributed by atoms with Crippen LogP contribution in [-0.4, -0.2) is 41.3 Å². The quantitative estimate of drug-likeness (QED) is 0.909. The summed E-state index contributed by atoms with van der Waals surface area (Å²) in [5.41, 5.74) is 0.947. The molecule has 6 nitrogen and oxygen atoms in total. The Hall–Kier alpha value is -1.80. The van der Waals surface area contributed by atoms with Gasteiger partial charge in [0.05, 0.1) is 36.7 Å². The number of ether oxygens (including phenoxy) is 1. The van der Waals surface area contributed by atoms with Gasteiger partial charge in [-0.1, -0.05) is 6.92 Å². The Morgan fingerprint density at radius 3 is 2.91 bits per heavy atom. The molecule has 3 rings (SSSR count). The van der Waals surface area contributed by atoms with E-state index in [9.17, 15) is 4.39 Å². The summed E-state index contributed by atoms with van der Waals surface area (Å²) in [5, 5.41) is 6.22. The fourth-order valence-electron chi connectivity index (χ4n) is 2.20. The summed E-state index contributed by atoms with van der Waals surface area (Å²) < 4.78 is 19.2. The van der Waals surface area contributed by atoms with Crippen LogP contribution in [0.15, 0.2) is 11.6 Å². The molecule has 118 valence electrons. The van der Waals surface area contributed by atoms with Crippen molar-refractivity contribution in [2.24, 2.45) is 0 Å². The average Bonchev–Trinajstić information content (AvgIpc) is 3.03. The zero-order valence-corrected chi connectivity index (χ0v) is 13.2. The van der Waals surface area contributed by atoms with Crippen LogP contribution in [0.3, 0.4) is 0 Å². The number of aryl methyl sites for hydroxylation is 1. The summed E-state index contributed by atoms with van der Waals surface area (Å²) in [5.74, 6) is 0.330. The Balaban J connectivity index is 1.68. The van der Waals surface area contributed by atoms with Crippen molar-refractivity contribution in [2.45, 2.75) is 19.9 Å². The Bertz CT molecular complexity index is 629. The lowest BCUT2D eigenvalue weighted by Crippen LogP contribution is -2.37. The molecule has 0 saturated carbocycles. The van der Waals surface area contributed by atoms with E-state index in [1.54, 1.807) is 11.3 Å². The predicted molar refractivity (Wildman–Crippen MR) is 83.8 cm³/mol. The van der Waals surface area contributed by atoms with Gasteiger partial charge >= 0.3 is 0 Å². The molecule has 0 radical (unpaired) electrons. The third kappa shape index (κ3) is 3.50. The van der Waals surface area contributed by atoms with Crippen molar-refractivity contribution in [2.75, 3.05) is 36.5 Å². The second-order valence-electron chi connectivity index (χ2n) is 4.90. The third-order valence-electron chi connectivity index (χ3n) is 3.37. The summed E-state index contributed by atoms with van der Waals surface area (Å²) in [4.78, 5) is 14.6. The van der Waals surface area contributed by atoms with Crippen molar-refractivity contribution in [1.29, 1.82) is 0 Å². The van der Waals surface area contributed by atoms with Gasteiger partial charge in [-0.25, -0.2) is 14.4 Å². The van der Waals surface area contributed by atoms with E-state index in [4.69, 9.17) is 4.74 Å². The fraction of sp³-hybridized carbons (Fsp3) is 0.500. The number of halogens is 1. The Labute approximate surface area is 132 Å². The molecule has 0 aromatic carbocycles. The zero-order valence-electron chi connectivity index (χ0n) is 12.4. The molecule has 8 heteroatoms. The highest BCUT2D eigenvalue weighted by Gasteiger charge is 2.17. The van der Waals surface area contributed by atoms with Crippen LogP contribution in [0.4, 0.5) is 16.2 Å². The number of hydrogen-bond acceptors (Lipinski definition) is 7. The minimum Gasteiger partial charge on any atom is -0.378 e. The summed E-state index contributed by atoms with van der Waals surface area (Å²) >= 11 is 1.64.